The first-order chi connectivity index (χ1) is 14.7. The molecule has 3 fully saturated rings. The fraction of sp³-hybridized carbons (Fsp3) is 0.667. The minimum atomic E-state index is -0.465. The van der Waals surface area contributed by atoms with Crippen molar-refractivity contribution < 1.29 is 14.7 Å². The molecule has 2 amide bonds. The molecular weight excluding hydrogens is 398 g/mol. The van der Waals surface area contributed by atoms with Crippen molar-refractivity contribution in [1.82, 2.24) is 29.7 Å². The van der Waals surface area contributed by atoms with E-state index in [2.05, 4.69) is 34.1 Å². The standard InChI is InChI=1S/C21H29N7O3/c1-21(2)6-12(5-13(29)7-21)26-20(31)15-4-11-3-14(11)28(15)16(30)8-27-10-25-17-18(22)23-9-24-19(17)27/h9-15,29H,3-8H2,1-2H3,(H,26,31)(H2,22,23,24)/t11-,12?,13?,14?,15+/m1/s1. The number of nitrogens with two attached hydrogens (primary N) is 1. The Morgan fingerprint density at radius 2 is 2.03 bits per heavy atom. The van der Waals surface area contributed by atoms with Gasteiger partial charge in [-0.2, -0.15) is 0 Å². The lowest BCUT2D eigenvalue weighted by Crippen LogP contribution is -2.53. The lowest BCUT2D eigenvalue weighted by molar-refractivity contribution is -0.140. The molecule has 4 N–H and O–H groups in total. The van der Waals surface area contributed by atoms with Crippen molar-refractivity contribution in [3.8, 4) is 0 Å². The Hall–Kier alpha value is -2.75. The van der Waals surface area contributed by atoms with E-state index >= 15 is 0 Å². The minimum Gasteiger partial charge on any atom is -0.393 e. The number of nitrogen functional groups attached to an aromatic ring is 1. The third-order valence-electron chi connectivity index (χ3n) is 6.92. The first-order valence-electron chi connectivity index (χ1n) is 10.9. The molecule has 2 aromatic heterocycles. The van der Waals surface area contributed by atoms with Crippen molar-refractivity contribution in [2.24, 2.45) is 11.3 Å². The van der Waals surface area contributed by atoms with E-state index in [1.807, 2.05) is 0 Å². The molecule has 0 radical (unpaired) electrons. The number of rotatable bonds is 4. The summed E-state index contributed by atoms with van der Waals surface area (Å²) in [7, 11) is 0. The molecule has 1 saturated heterocycles. The summed E-state index contributed by atoms with van der Waals surface area (Å²) in [5, 5.41) is 13.3. The van der Waals surface area contributed by atoms with Crippen LogP contribution in [0.4, 0.5) is 5.82 Å². The average molecular weight is 428 g/mol. The van der Waals surface area contributed by atoms with E-state index in [0.717, 1.165) is 19.3 Å². The zero-order valence-corrected chi connectivity index (χ0v) is 17.9. The fourth-order valence-corrected chi connectivity index (χ4v) is 5.58. The number of aromatic nitrogens is 4. The van der Waals surface area contributed by atoms with E-state index < -0.39 is 12.1 Å². The van der Waals surface area contributed by atoms with Crippen LogP contribution >= 0.6 is 0 Å². The first kappa shape index (κ1) is 20.2. The van der Waals surface area contributed by atoms with Gasteiger partial charge in [-0.1, -0.05) is 13.8 Å². The second-order valence-electron chi connectivity index (χ2n) is 10.1. The summed E-state index contributed by atoms with van der Waals surface area (Å²) < 4.78 is 1.65. The van der Waals surface area contributed by atoms with Crippen LogP contribution in [0.15, 0.2) is 12.7 Å². The van der Waals surface area contributed by atoms with Gasteiger partial charge in [-0.05, 0) is 43.4 Å². The van der Waals surface area contributed by atoms with Crippen molar-refractivity contribution in [2.45, 2.75) is 76.7 Å². The van der Waals surface area contributed by atoms with Gasteiger partial charge in [0, 0.05) is 12.1 Å². The zero-order chi connectivity index (χ0) is 21.9. The number of likely N-dealkylation sites (tertiary alicyclic amines) is 1. The molecule has 1 aliphatic heterocycles. The van der Waals surface area contributed by atoms with Gasteiger partial charge in [-0.3, -0.25) is 9.59 Å². The van der Waals surface area contributed by atoms with Crippen molar-refractivity contribution in [2.75, 3.05) is 5.73 Å². The maximum Gasteiger partial charge on any atom is 0.243 e. The van der Waals surface area contributed by atoms with Crippen molar-refractivity contribution >= 4 is 28.8 Å². The van der Waals surface area contributed by atoms with Crippen LogP contribution in [0.1, 0.15) is 46.0 Å². The lowest BCUT2D eigenvalue weighted by Gasteiger charge is -2.39. The molecule has 5 atom stereocenters. The molecule has 3 unspecified atom stereocenters. The molecule has 3 aliphatic rings. The Morgan fingerprint density at radius 1 is 1.23 bits per heavy atom. The van der Waals surface area contributed by atoms with Crippen LogP contribution in [0.5, 0.6) is 0 Å². The predicted octanol–water partition coefficient (Wildman–Crippen LogP) is 0.454. The van der Waals surface area contributed by atoms with E-state index in [4.69, 9.17) is 5.73 Å². The number of aliphatic hydroxyl groups excluding tert-OH is 1. The monoisotopic (exact) mass is 427 g/mol. The summed E-state index contributed by atoms with van der Waals surface area (Å²) >= 11 is 0. The highest BCUT2D eigenvalue weighted by Crippen LogP contribution is 2.48. The normalized spacial score (nSPS) is 31.5. The average Bonchev–Trinajstić information content (AvgIpc) is 3.13. The Morgan fingerprint density at radius 3 is 2.81 bits per heavy atom. The van der Waals surface area contributed by atoms with Crippen LogP contribution in [0.2, 0.25) is 0 Å². The van der Waals surface area contributed by atoms with Gasteiger partial charge in [-0.15, -0.1) is 0 Å². The smallest absolute Gasteiger partial charge is 0.243 e. The van der Waals surface area contributed by atoms with Gasteiger partial charge in [-0.25, -0.2) is 15.0 Å². The van der Waals surface area contributed by atoms with Gasteiger partial charge in [0.25, 0.3) is 0 Å². The first-order valence-corrected chi connectivity index (χ1v) is 10.9. The summed E-state index contributed by atoms with van der Waals surface area (Å²) in [6.07, 6.45) is 6.25. The predicted molar refractivity (Wildman–Crippen MR) is 112 cm³/mol. The number of piperidine rings is 1. The number of aliphatic hydroxyl groups is 1. The molecule has 0 spiro atoms. The number of carbonyl (C=O) groups excluding carboxylic acids is 2. The van der Waals surface area contributed by atoms with Gasteiger partial charge < -0.3 is 25.6 Å². The molecule has 0 aromatic carbocycles. The highest BCUT2D eigenvalue weighted by molar-refractivity contribution is 5.90. The van der Waals surface area contributed by atoms with E-state index in [-0.39, 0.29) is 41.7 Å². The quantitative estimate of drug-likeness (QED) is 0.644. The van der Waals surface area contributed by atoms with Crippen LogP contribution in [0.3, 0.4) is 0 Å². The molecular formula is C21H29N7O3. The van der Waals surface area contributed by atoms with Crippen LogP contribution in [-0.4, -0.2) is 65.6 Å². The van der Waals surface area contributed by atoms with Gasteiger partial charge in [0.1, 0.15) is 24.4 Å². The Balaban J connectivity index is 1.30. The Kier molecular flexibility index (Phi) is 4.65. The molecule has 166 valence electrons. The molecule has 31 heavy (non-hydrogen) atoms. The number of nitrogens with zero attached hydrogens (tertiary/aromatic N) is 5. The van der Waals surface area contributed by atoms with E-state index in [1.54, 1.807) is 9.47 Å². The molecule has 2 saturated carbocycles. The topological polar surface area (TPSA) is 139 Å². The van der Waals surface area contributed by atoms with Gasteiger partial charge in [0.15, 0.2) is 11.5 Å². The second-order valence-corrected chi connectivity index (χ2v) is 10.1. The highest BCUT2D eigenvalue weighted by atomic mass is 16.3. The summed E-state index contributed by atoms with van der Waals surface area (Å²) in [5.74, 6) is 0.434. The van der Waals surface area contributed by atoms with Crippen molar-refractivity contribution in [1.29, 1.82) is 0 Å². The molecule has 2 aromatic rings. The van der Waals surface area contributed by atoms with Crippen LogP contribution < -0.4 is 11.1 Å². The maximum absolute atomic E-state index is 13.2. The molecule has 3 heterocycles. The summed E-state index contributed by atoms with van der Waals surface area (Å²) in [4.78, 5) is 40.4. The third-order valence-corrected chi connectivity index (χ3v) is 6.92. The van der Waals surface area contributed by atoms with Gasteiger partial charge in [0.05, 0.1) is 12.4 Å². The number of amides is 2. The largest absolute Gasteiger partial charge is 0.393 e. The van der Waals surface area contributed by atoms with Gasteiger partial charge in [0.2, 0.25) is 11.8 Å². The van der Waals surface area contributed by atoms with Crippen molar-refractivity contribution in [3.63, 3.8) is 0 Å². The maximum atomic E-state index is 13.2. The number of imidazole rings is 1. The zero-order valence-electron chi connectivity index (χ0n) is 17.9. The number of anilines is 1. The minimum absolute atomic E-state index is 0.0187. The number of carbonyl (C=O) groups is 2. The van der Waals surface area contributed by atoms with Gasteiger partial charge >= 0.3 is 0 Å². The number of fused-ring (bicyclic) bond motifs is 2. The summed E-state index contributed by atoms with van der Waals surface area (Å²) in [5.41, 5.74) is 6.79. The Labute approximate surface area is 180 Å². The second kappa shape index (κ2) is 7.15. The number of hydrogen-bond donors (Lipinski definition) is 3. The van der Waals surface area contributed by atoms with Crippen LogP contribution in [0, 0.1) is 11.3 Å². The SMILES string of the molecule is CC1(C)CC(O)CC(NC(=O)[C@@H]2C[C@H]3CC3N2C(=O)Cn2cnc3c(N)ncnc32)C1. The molecule has 10 heteroatoms. The number of nitrogens with one attached hydrogen (secondary N) is 1. The lowest BCUT2D eigenvalue weighted by atomic mass is 9.73. The summed E-state index contributed by atoms with van der Waals surface area (Å²) in [6.45, 7) is 4.27. The molecule has 2 aliphatic carbocycles. The van der Waals surface area contributed by atoms with E-state index in [9.17, 15) is 14.7 Å². The van der Waals surface area contributed by atoms with Crippen LogP contribution in [0.25, 0.3) is 11.2 Å². The van der Waals surface area contributed by atoms with E-state index in [0.29, 0.717) is 29.9 Å². The number of hydrogen-bond acceptors (Lipinski definition) is 7. The summed E-state index contributed by atoms with van der Waals surface area (Å²) in [6, 6.07) is -0.406. The fourth-order valence-electron chi connectivity index (χ4n) is 5.58. The molecule has 5 rings (SSSR count). The third kappa shape index (κ3) is 3.73. The van der Waals surface area contributed by atoms with E-state index in [1.165, 1.54) is 12.7 Å². The Bertz CT molecular complexity index is 1040. The highest BCUT2D eigenvalue weighted by Gasteiger charge is 2.56. The molecule has 0 bridgehead atoms. The van der Waals surface area contributed by atoms with Crippen molar-refractivity contribution in [3.05, 3.63) is 12.7 Å². The van der Waals surface area contributed by atoms with Crippen LogP contribution in [-0.2, 0) is 16.1 Å². The molecule has 10 nitrogen and oxygen atoms in total.